The molecule has 1 unspecified atom stereocenters. The average molecular weight is 344 g/mol. The fraction of sp³-hybridized carbons (Fsp3) is 0.368. The molecule has 1 aromatic carbocycles. The lowest BCUT2D eigenvalue weighted by molar-refractivity contribution is -0.862. The van der Waals surface area contributed by atoms with Crippen LogP contribution < -0.4 is 15.5 Å². The minimum atomic E-state index is -0.195. The molecule has 6 heteroatoms. The SMILES string of the molecule is Cc1cccc(NC(=O)C[NH+](C)CC(=O)N[C@@H](C)c2ccco2)c1C. The highest BCUT2D eigenvalue weighted by atomic mass is 16.3. The van der Waals surface area contributed by atoms with Crippen LogP contribution in [0.5, 0.6) is 0 Å². The molecule has 0 aliphatic heterocycles. The van der Waals surface area contributed by atoms with Gasteiger partial charge in [0.1, 0.15) is 5.76 Å². The zero-order chi connectivity index (χ0) is 18.4. The van der Waals surface area contributed by atoms with Gasteiger partial charge in [0.2, 0.25) is 0 Å². The second-order valence-electron chi connectivity index (χ2n) is 6.41. The number of benzene rings is 1. The zero-order valence-corrected chi connectivity index (χ0v) is 15.2. The number of anilines is 1. The van der Waals surface area contributed by atoms with E-state index < -0.39 is 0 Å². The third-order valence-corrected chi connectivity index (χ3v) is 4.15. The van der Waals surface area contributed by atoms with Gasteiger partial charge in [-0.2, -0.15) is 0 Å². The Kier molecular flexibility index (Phi) is 6.36. The van der Waals surface area contributed by atoms with Gasteiger partial charge < -0.3 is 20.0 Å². The monoisotopic (exact) mass is 344 g/mol. The van der Waals surface area contributed by atoms with Crippen molar-refractivity contribution in [3.63, 3.8) is 0 Å². The molecule has 6 nitrogen and oxygen atoms in total. The number of likely N-dealkylation sites (N-methyl/N-ethyl adjacent to an activating group) is 1. The van der Waals surface area contributed by atoms with E-state index in [1.165, 1.54) is 0 Å². The molecule has 0 bridgehead atoms. The van der Waals surface area contributed by atoms with Crippen LogP contribution in [0.1, 0.15) is 29.9 Å². The second-order valence-corrected chi connectivity index (χ2v) is 6.41. The maximum absolute atomic E-state index is 12.2. The van der Waals surface area contributed by atoms with Gasteiger partial charge in [-0.1, -0.05) is 12.1 Å². The number of rotatable bonds is 7. The van der Waals surface area contributed by atoms with Crippen molar-refractivity contribution in [3.8, 4) is 0 Å². The third kappa shape index (κ3) is 5.46. The van der Waals surface area contributed by atoms with Crippen molar-refractivity contribution in [3.05, 3.63) is 53.5 Å². The molecular formula is C19H26N3O3+. The highest BCUT2D eigenvalue weighted by Crippen LogP contribution is 2.17. The van der Waals surface area contributed by atoms with Gasteiger partial charge in [0.25, 0.3) is 11.8 Å². The maximum atomic E-state index is 12.2. The summed E-state index contributed by atoms with van der Waals surface area (Å²) in [5.41, 5.74) is 3.00. The number of furan rings is 1. The van der Waals surface area contributed by atoms with Crippen molar-refractivity contribution in [1.29, 1.82) is 0 Å². The summed E-state index contributed by atoms with van der Waals surface area (Å²) in [6.07, 6.45) is 1.58. The zero-order valence-electron chi connectivity index (χ0n) is 15.2. The first-order valence-corrected chi connectivity index (χ1v) is 8.37. The molecule has 2 amide bonds. The fourth-order valence-electron chi connectivity index (χ4n) is 2.59. The molecule has 25 heavy (non-hydrogen) atoms. The lowest BCUT2D eigenvalue weighted by Crippen LogP contribution is -3.11. The van der Waals surface area contributed by atoms with Crippen LogP contribution in [-0.4, -0.2) is 32.0 Å². The predicted molar refractivity (Wildman–Crippen MR) is 96.4 cm³/mol. The topological polar surface area (TPSA) is 75.8 Å². The molecule has 2 atom stereocenters. The van der Waals surface area contributed by atoms with E-state index in [0.29, 0.717) is 5.76 Å². The Bertz CT molecular complexity index is 726. The molecule has 0 aliphatic rings. The first-order valence-electron chi connectivity index (χ1n) is 8.37. The van der Waals surface area contributed by atoms with Crippen molar-refractivity contribution in [1.82, 2.24) is 5.32 Å². The summed E-state index contributed by atoms with van der Waals surface area (Å²) < 4.78 is 5.27. The molecule has 0 saturated heterocycles. The number of amides is 2. The summed E-state index contributed by atoms with van der Waals surface area (Å²) in [6.45, 7) is 6.28. The minimum Gasteiger partial charge on any atom is -0.467 e. The van der Waals surface area contributed by atoms with Crippen molar-refractivity contribution < 1.29 is 18.9 Å². The van der Waals surface area contributed by atoms with Crippen molar-refractivity contribution >= 4 is 17.5 Å². The summed E-state index contributed by atoms with van der Waals surface area (Å²) in [5.74, 6) is 0.470. The summed E-state index contributed by atoms with van der Waals surface area (Å²) in [6, 6.07) is 9.21. The van der Waals surface area contributed by atoms with E-state index in [0.717, 1.165) is 21.7 Å². The fourth-order valence-corrected chi connectivity index (χ4v) is 2.59. The highest BCUT2D eigenvalue weighted by molar-refractivity contribution is 5.92. The van der Waals surface area contributed by atoms with E-state index in [2.05, 4.69) is 10.6 Å². The van der Waals surface area contributed by atoms with Gasteiger partial charge in [0, 0.05) is 5.69 Å². The normalized spacial score (nSPS) is 13.1. The molecule has 2 aromatic rings. The largest absolute Gasteiger partial charge is 0.467 e. The van der Waals surface area contributed by atoms with Crippen LogP contribution in [0.25, 0.3) is 0 Å². The molecule has 0 radical (unpaired) electrons. The van der Waals surface area contributed by atoms with Crippen LogP contribution in [0.3, 0.4) is 0 Å². The molecule has 134 valence electrons. The lowest BCUT2D eigenvalue weighted by Gasteiger charge is -2.16. The van der Waals surface area contributed by atoms with E-state index in [4.69, 9.17) is 4.42 Å². The third-order valence-electron chi connectivity index (χ3n) is 4.15. The Balaban J connectivity index is 1.80. The molecule has 3 N–H and O–H groups in total. The molecule has 0 saturated carbocycles. The number of hydrogen-bond acceptors (Lipinski definition) is 3. The number of quaternary nitrogens is 1. The number of aryl methyl sites for hydroxylation is 1. The highest BCUT2D eigenvalue weighted by Gasteiger charge is 2.18. The van der Waals surface area contributed by atoms with Crippen LogP contribution in [-0.2, 0) is 9.59 Å². The Morgan fingerprint density at radius 2 is 1.84 bits per heavy atom. The molecular weight excluding hydrogens is 318 g/mol. The summed E-state index contributed by atoms with van der Waals surface area (Å²) in [7, 11) is 1.82. The van der Waals surface area contributed by atoms with Gasteiger partial charge in [-0.3, -0.25) is 9.59 Å². The number of hydrogen-bond donors (Lipinski definition) is 3. The number of nitrogens with one attached hydrogen (secondary N) is 3. The molecule has 0 fully saturated rings. The van der Waals surface area contributed by atoms with Gasteiger partial charge in [0.15, 0.2) is 13.1 Å². The Morgan fingerprint density at radius 3 is 2.52 bits per heavy atom. The Morgan fingerprint density at radius 1 is 1.12 bits per heavy atom. The van der Waals surface area contributed by atoms with E-state index in [9.17, 15) is 9.59 Å². The van der Waals surface area contributed by atoms with E-state index in [1.54, 1.807) is 12.3 Å². The van der Waals surface area contributed by atoms with Gasteiger partial charge in [-0.05, 0) is 50.1 Å². The molecule has 0 spiro atoms. The number of carbonyl (C=O) groups is 2. The summed E-state index contributed by atoms with van der Waals surface area (Å²) in [5, 5.41) is 5.78. The lowest BCUT2D eigenvalue weighted by atomic mass is 10.1. The standard InChI is InChI=1S/C19H25N3O3/c1-13-7-5-8-16(14(13)2)21-19(24)12-22(4)11-18(23)20-15(3)17-9-6-10-25-17/h5-10,15H,11-12H2,1-4H3,(H,20,23)(H,21,24)/p+1/t15-/m0/s1. The summed E-state index contributed by atoms with van der Waals surface area (Å²) >= 11 is 0. The summed E-state index contributed by atoms with van der Waals surface area (Å²) in [4.78, 5) is 25.1. The Labute approximate surface area is 148 Å². The molecule has 1 aromatic heterocycles. The number of carbonyl (C=O) groups excluding carboxylic acids is 2. The first-order chi connectivity index (χ1) is 11.9. The van der Waals surface area contributed by atoms with Crippen molar-refractivity contribution in [2.75, 3.05) is 25.5 Å². The van der Waals surface area contributed by atoms with Gasteiger partial charge in [0.05, 0.1) is 19.4 Å². The predicted octanol–water partition coefficient (Wildman–Crippen LogP) is 1.23. The van der Waals surface area contributed by atoms with Crippen LogP contribution in [0, 0.1) is 13.8 Å². The molecule has 1 heterocycles. The molecule has 0 aliphatic carbocycles. The Hall–Kier alpha value is -2.60. The van der Waals surface area contributed by atoms with Crippen LogP contribution in [0.2, 0.25) is 0 Å². The van der Waals surface area contributed by atoms with E-state index in [-0.39, 0.29) is 30.9 Å². The van der Waals surface area contributed by atoms with Gasteiger partial charge >= 0.3 is 0 Å². The van der Waals surface area contributed by atoms with E-state index in [1.807, 2.05) is 52.1 Å². The van der Waals surface area contributed by atoms with Gasteiger partial charge in [-0.15, -0.1) is 0 Å². The molecule has 2 rings (SSSR count). The minimum absolute atomic E-state index is 0.113. The average Bonchev–Trinajstić information content (AvgIpc) is 3.05. The van der Waals surface area contributed by atoms with Gasteiger partial charge in [-0.25, -0.2) is 0 Å². The van der Waals surface area contributed by atoms with Crippen molar-refractivity contribution in [2.24, 2.45) is 0 Å². The van der Waals surface area contributed by atoms with Crippen LogP contribution >= 0.6 is 0 Å². The second kappa shape index (κ2) is 8.48. The smallest absolute Gasteiger partial charge is 0.279 e. The van der Waals surface area contributed by atoms with Crippen molar-refractivity contribution in [2.45, 2.75) is 26.8 Å². The van der Waals surface area contributed by atoms with E-state index >= 15 is 0 Å². The maximum Gasteiger partial charge on any atom is 0.279 e. The van der Waals surface area contributed by atoms with Crippen LogP contribution in [0.4, 0.5) is 5.69 Å². The van der Waals surface area contributed by atoms with Crippen LogP contribution in [0.15, 0.2) is 41.0 Å². The first kappa shape index (κ1) is 18.7. The quantitative estimate of drug-likeness (QED) is 0.707.